The van der Waals surface area contributed by atoms with Gasteiger partial charge in [-0.2, -0.15) is 0 Å². The van der Waals surface area contributed by atoms with Gasteiger partial charge in [-0.15, -0.1) is 0 Å². The van der Waals surface area contributed by atoms with Crippen LogP contribution in [0.5, 0.6) is 0 Å². The third-order valence-electron chi connectivity index (χ3n) is 4.02. The number of carbonyl (C=O) groups is 2. The van der Waals surface area contributed by atoms with Crippen LogP contribution in [0.4, 0.5) is 0 Å². The van der Waals surface area contributed by atoms with Crippen molar-refractivity contribution in [3.8, 4) is 0 Å². The Morgan fingerprint density at radius 3 is 2.80 bits per heavy atom. The zero-order valence-corrected chi connectivity index (χ0v) is 12.2. The second-order valence-corrected chi connectivity index (χ2v) is 5.47. The van der Waals surface area contributed by atoms with Gasteiger partial charge in [-0.1, -0.05) is 0 Å². The quantitative estimate of drug-likeness (QED) is 0.746. The zero-order valence-electron chi connectivity index (χ0n) is 12.2. The first-order valence-corrected chi connectivity index (χ1v) is 7.58. The van der Waals surface area contributed by atoms with Crippen molar-refractivity contribution in [1.29, 1.82) is 0 Å². The summed E-state index contributed by atoms with van der Waals surface area (Å²) < 4.78 is 5.36. The van der Waals surface area contributed by atoms with Gasteiger partial charge in [0.15, 0.2) is 0 Å². The number of nitrogens with one attached hydrogen (secondary N) is 2. The maximum absolute atomic E-state index is 12.5. The second kappa shape index (κ2) is 7.59. The van der Waals surface area contributed by atoms with E-state index in [4.69, 9.17) is 4.74 Å². The highest BCUT2D eigenvalue weighted by Crippen LogP contribution is 2.19. The predicted octanol–water partition coefficient (Wildman–Crippen LogP) is -0.260. The molecule has 6 nitrogen and oxygen atoms in total. The number of morpholine rings is 1. The van der Waals surface area contributed by atoms with Crippen molar-refractivity contribution >= 4 is 11.8 Å². The summed E-state index contributed by atoms with van der Waals surface area (Å²) >= 11 is 0. The van der Waals surface area contributed by atoms with Crippen LogP contribution in [-0.4, -0.2) is 62.1 Å². The molecule has 2 N–H and O–H groups in total. The molecule has 0 saturated carbocycles. The van der Waals surface area contributed by atoms with Crippen LogP contribution >= 0.6 is 0 Å². The monoisotopic (exact) mass is 283 g/mol. The van der Waals surface area contributed by atoms with Crippen molar-refractivity contribution < 1.29 is 14.3 Å². The lowest BCUT2D eigenvalue weighted by Crippen LogP contribution is -2.56. The van der Waals surface area contributed by atoms with E-state index in [0.29, 0.717) is 38.6 Å². The molecule has 0 aromatic rings. The van der Waals surface area contributed by atoms with Crippen LogP contribution in [0.1, 0.15) is 26.2 Å². The molecule has 0 spiro atoms. The molecule has 2 amide bonds. The number of hydrogen-bond donors (Lipinski definition) is 2. The number of rotatable bonds is 4. The van der Waals surface area contributed by atoms with Crippen molar-refractivity contribution in [3.63, 3.8) is 0 Å². The lowest BCUT2D eigenvalue weighted by molar-refractivity contribution is -0.149. The molecule has 0 aliphatic carbocycles. The fourth-order valence-electron chi connectivity index (χ4n) is 2.86. The molecular formula is C14H25N3O3. The predicted molar refractivity (Wildman–Crippen MR) is 75.2 cm³/mol. The Labute approximate surface area is 120 Å². The molecular weight excluding hydrogens is 258 g/mol. The molecule has 2 rings (SSSR count). The average molecular weight is 283 g/mol. The summed E-state index contributed by atoms with van der Waals surface area (Å²) in [5.74, 6) is 0.434. The molecule has 0 bridgehead atoms. The van der Waals surface area contributed by atoms with E-state index in [1.54, 1.807) is 4.90 Å². The summed E-state index contributed by atoms with van der Waals surface area (Å²) in [4.78, 5) is 26.2. The molecule has 2 fully saturated rings. The molecule has 2 aliphatic heterocycles. The minimum absolute atomic E-state index is 0.0939. The SMILES string of the molecule is CCNC(=O)C1COCCN1C(=O)CC1CCNCC1. The fraction of sp³-hybridized carbons (Fsp3) is 0.857. The Bertz CT molecular complexity index is 343. The van der Waals surface area contributed by atoms with Crippen molar-refractivity contribution in [2.75, 3.05) is 39.4 Å². The molecule has 20 heavy (non-hydrogen) atoms. The Hall–Kier alpha value is -1.14. The molecule has 0 aromatic heterocycles. The van der Waals surface area contributed by atoms with Gasteiger partial charge in [0.2, 0.25) is 11.8 Å². The van der Waals surface area contributed by atoms with E-state index in [0.717, 1.165) is 25.9 Å². The first-order valence-electron chi connectivity index (χ1n) is 7.58. The average Bonchev–Trinajstić information content (AvgIpc) is 2.48. The molecule has 0 radical (unpaired) electrons. The van der Waals surface area contributed by atoms with E-state index >= 15 is 0 Å². The van der Waals surface area contributed by atoms with Crippen LogP contribution in [0.3, 0.4) is 0 Å². The number of ether oxygens (including phenoxy) is 1. The Kier molecular flexibility index (Phi) is 5.79. The highest BCUT2D eigenvalue weighted by atomic mass is 16.5. The molecule has 0 aromatic carbocycles. The van der Waals surface area contributed by atoms with Crippen LogP contribution in [0.25, 0.3) is 0 Å². The highest BCUT2D eigenvalue weighted by molar-refractivity contribution is 5.88. The largest absolute Gasteiger partial charge is 0.377 e. The summed E-state index contributed by atoms with van der Waals surface area (Å²) in [7, 11) is 0. The van der Waals surface area contributed by atoms with Gasteiger partial charge in [0.1, 0.15) is 6.04 Å². The van der Waals surface area contributed by atoms with Gasteiger partial charge >= 0.3 is 0 Å². The summed E-state index contributed by atoms with van der Waals surface area (Å²) in [6.45, 7) is 5.78. The topological polar surface area (TPSA) is 70.7 Å². The van der Waals surface area contributed by atoms with Gasteiger partial charge in [-0.3, -0.25) is 9.59 Å². The van der Waals surface area contributed by atoms with Gasteiger partial charge in [-0.25, -0.2) is 0 Å². The van der Waals surface area contributed by atoms with Crippen LogP contribution < -0.4 is 10.6 Å². The van der Waals surface area contributed by atoms with Gasteiger partial charge < -0.3 is 20.3 Å². The van der Waals surface area contributed by atoms with E-state index < -0.39 is 6.04 Å². The Balaban J connectivity index is 1.92. The van der Waals surface area contributed by atoms with Crippen LogP contribution in [0.15, 0.2) is 0 Å². The number of nitrogens with zero attached hydrogens (tertiary/aromatic N) is 1. The van der Waals surface area contributed by atoms with E-state index in [1.165, 1.54) is 0 Å². The summed E-state index contributed by atoms with van der Waals surface area (Å²) in [6, 6.07) is -0.460. The smallest absolute Gasteiger partial charge is 0.245 e. The minimum atomic E-state index is -0.460. The van der Waals surface area contributed by atoms with E-state index in [9.17, 15) is 9.59 Å². The van der Waals surface area contributed by atoms with E-state index in [2.05, 4.69) is 10.6 Å². The van der Waals surface area contributed by atoms with Crippen molar-refractivity contribution in [2.45, 2.75) is 32.2 Å². The van der Waals surface area contributed by atoms with Gasteiger partial charge in [0.25, 0.3) is 0 Å². The van der Waals surface area contributed by atoms with Crippen molar-refractivity contribution in [3.05, 3.63) is 0 Å². The number of piperidine rings is 1. The third kappa shape index (κ3) is 3.93. The van der Waals surface area contributed by atoms with Crippen molar-refractivity contribution in [2.24, 2.45) is 5.92 Å². The van der Waals surface area contributed by atoms with E-state index in [-0.39, 0.29) is 11.8 Å². The number of likely N-dealkylation sites (N-methyl/N-ethyl adjacent to an activating group) is 1. The summed E-state index contributed by atoms with van der Waals surface area (Å²) in [6.07, 6.45) is 2.64. The zero-order chi connectivity index (χ0) is 14.4. The maximum atomic E-state index is 12.5. The fourth-order valence-corrected chi connectivity index (χ4v) is 2.86. The lowest BCUT2D eigenvalue weighted by atomic mass is 9.93. The molecule has 114 valence electrons. The van der Waals surface area contributed by atoms with Gasteiger partial charge in [0.05, 0.1) is 13.2 Å². The standard InChI is InChI=1S/C14H25N3O3/c1-2-16-14(19)12-10-20-8-7-17(12)13(18)9-11-3-5-15-6-4-11/h11-12,15H,2-10H2,1H3,(H,16,19). The molecule has 2 heterocycles. The maximum Gasteiger partial charge on any atom is 0.245 e. The molecule has 2 saturated heterocycles. The van der Waals surface area contributed by atoms with Crippen LogP contribution in [-0.2, 0) is 14.3 Å². The van der Waals surface area contributed by atoms with Crippen LogP contribution in [0.2, 0.25) is 0 Å². The molecule has 1 atom stereocenters. The second-order valence-electron chi connectivity index (χ2n) is 5.47. The lowest BCUT2D eigenvalue weighted by Gasteiger charge is -2.35. The minimum Gasteiger partial charge on any atom is -0.377 e. The molecule has 6 heteroatoms. The molecule has 1 unspecified atom stereocenters. The normalized spacial score (nSPS) is 24.4. The van der Waals surface area contributed by atoms with Crippen LogP contribution in [0, 0.1) is 5.92 Å². The van der Waals surface area contributed by atoms with Gasteiger partial charge in [-0.05, 0) is 38.8 Å². The van der Waals surface area contributed by atoms with Crippen molar-refractivity contribution in [1.82, 2.24) is 15.5 Å². The number of hydrogen-bond acceptors (Lipinski definition) is 4. The summed E-state index contributed by atoms with van der Waals surface area (Å²) in [5, 5.41) is 6.08. The Morgan fingerprint density at radius 2 is 2.10 bits per heavy atom. The summed E-state index contributed by atoms with van der Waals surface area (Å²) in [5.41, 5.74) is 0. The highest BCUT2D eigenvalue weighted by Gasteiger charge is 2.33. The third-order valence-corrected chi connectivity index (χ3v) is 4.02. The first-order chi connectivity index (χ1) is 9.72. The molecule has 2 aliphatic rings. The first kappa shape index (κ1) is 15.3. The number of amides is 2. The van der Waals surface area contributed by atoms with E-state index in [1.807, 2.05) is 6.92 Å². The van der Waals surface area contributed by atoms with Gasteiger partial charge in [0, 0.05) is 19.5 Å². The Morgan fingerprint density at radius 1 is 1.35 bits per heavy atom. The number of carbonyl (C=O) groups excluding carboxylic acids is 2.